The van der Waals surface area contributed by atoms with Crippen molar-refractivity contribution in [3.05, 3.63) is 99.6 Å². The fourth-order valence-electron chi connectivity index (χ4n) is 2.01. The zero-order valence-electron chi connectivity index (χ0n) is 15.2. The van der Waals surface area contributed by atoms with Gasteiger partial charge in [-0.05, 0) is 63.4 Å². The predicted octanol–water partition coefficient (Wildman–Crippen LogP) is -1.18. The summed E-state index contributed by atoms with van der Waals surface area (Å²) >= 11 is 0. The average Bonchev–Trinajstić information content (AvgIpc) is 3.34. The number of carbonyl (C=O) groups excluding carboxylic acids is 1. The van der Waals surface area contributed by atoms with Gasteiger partial charge >= 0.3 is 46.6 Å². The van der Waals surface area contributed by atoms with Gasteiger partial charge in [0.05, 0.1) is 19.2 Å². The van der Waals surface area contributed by atoms with E-state index in [-0.39, 0.29) is 53.2 Å². The van der Waals surface area contributed by atoms with Gasteiger partial charge in [0.1, 0.15) is 6.04 Å². The summed E-state index contributed by atoms with van der Waals surface area (Å²) in [7, 11) is 0. The van der Waals surface area contributed by atoms with Crippen LogP contribution in [0.3, 0.4) is 0 Å². The number of carboxylic acid groups (broad SMARTS) is 1. The molecule has 1 atom stereocenters. The summed E-state index contributed by atoms with van der Waals surface area (Å²) < 4.78 is 5.38. The molecule has 0 amide bonds. The maximum absolute atomic E-state index is 11.0. The molecule has 2 fully saturated rings. The first kappa shape index (κ1) is 26.8. The summed E-state index contributed by atoms with van der Waals surface area (Å²) in [5.74, 6) is -0.375. The van der Waals surface area contributed by atoms with Gasteiger partial charge in [-0.25, -0.2) is 0 Å². The van der Waals surface area contributed by atoms with Crippen LogP contribution in [0, 0.1) is 63.7 Å². The summed E-state index contributed by atoms with van der Waals surface area (Å²) in [6.45, 7) is 0.352. The molecule has 0 N–H and O–H groups in total. The Hall–Kier alpha value is -0.161. The minimum atomic E-state index is -1.24. The molecule has 0 heterocycles. The van der Waals surface area contributed by atoms with E-state index in [0.29, 0.717) is 6.61 Å². The first-order chi connectivity index (χ1) is 12.3. The van der Waals surface area contributed by atoms with Crippen LogP contribution in [0.2, 0.25) is 0 Å². The van der Waals surface area contributed by atoms with E-state index in [1.54, 1.807) is 0 Å². The topological polar surface area (TPSA) is 61.7 Å². The Morgan fingerprint density at radius 3 is 2.07 bits per heavy atom. The number of carbonyl (C=O) groups is 1. The van der Waals surface area contributed by atoms with Gasteiger partial charge < -0.3 is 14.6 Å². The minimum Gasteiger partial charge on any atom is -0.548 e. The SMILES string of the molecule is O=C([O-])[C@H](COCc1ccccc1)N=C[C]1[CH][CH][CH][CH]1.[CH]1[CH][CH][CH][CH]1.[Fe+2].[Na+]. The molecule has 2 aliphatic rings. The Morgan fingerprint density at radius 1 is 1.00 bits per heavy atom. The van der Waals surface area contributed by atoms with E-state index in [1.165, 1.54) is 6.21 Å². The third-order valence-corrected chi connectivity index (χ3v) is 3.31. The molecule has 10 radical (unpaired) electrons. The van der Waals surface area contributed by atoms with E-state index in [9.17, 15) is 9.90 Å². The summed E-state index contributed by atoms with van der Waals surface area (Å²) in [6.07, 6.45) is 18.9. The number of aliphatic imine (C=N–C) groups is 1. The van der Waals surface area contributed by atoms with Crippen molar-refractivity contribution in [1.29, 1.82) is 0 Å². The smallest absolute Gasteiger partial charge is 0.548 e. The molecule has 4 nitrogen and oxygen atoms in total. The van der Waals surface area contributed by atoms with Crippen LogP contribution in [0.5, 0.6) is 0 Å². The molecular weight excluding hydrogens is 393 g/mol. The van der Waals surface area contributed by atoms with Gasteiger partial charge in [0.25, 0.3) is 0 Å². The zero-order valence-corrected chi connectivity index (χ0v) is 18.3. The van der Waals surface area contributed by atoms with Crippen LogP contribution < -0.4 is 34.7 Å². The Balaban J connectivity index is 0.000000839. The van der Waals surface area contributed by atoms with E-state index < -0.39 is 12.0 Å². The molecule has 6 heteroatoms. The predicted molar refractivity (Wildman–Crippen MR) is 95.3 cm³/mol. The number of aliphatic carboxylic acids is 1. The number of nitrogens with zero attached hydrogens (tertiary/aromatic N) is 1. The molecule has 0 aromatic heterocycles. The van der Waals surface area contributed by atoms with Gasteiger partial charge in [0.2, 0.25) is 0 Å². The number of hydrogen-bond donors (Lipinski definition) is 0. The van der Waals surface area contributed by atoms with Crippen molar-refractivity contribution >= 4 is 12.2 Å². The molecule has 0 saturated heterocycles. The molecule has 1 aromatic carbocycles. The van der Waals surface area contributed by atoms with Gasteiger partial charge in [-0.15, -0.1) is 0 Å². The quantitative estimate of drug-likeness (QED) is 0.418. The van der Waals surface area contributed by atoms with Crippen LogP contribution in [0.4, 0.5) is 0 Å². The van der Waals surface area contributed by atoms with E-state index in [4.69, 9.17) is 4.74 Å². The van der Waals surface area contributed by atoms with Crippen molar-refractivity contribution in [2.24, 2.45) is 4.99 Å². The maximum Gasteiger partial charge on any atom is 2.00 e. The van der Waals surface area contributed by atoms with Crippen LogP contribution in [0.1, 0.15) is 5.56 Å². The Kier molecular flexibility index (Phi) is 16.7. The van der Waals surface area contributed by atoms with Gasteiger partial charge in [0.15, 0.2) is 0 Å². The molecule has 0 spiro atoms. The average molecular weight is 413 g/mol. The standard InChI is InChI=1S/C16H16NO3.C5H5.Fe.Na/c18-16(19)15(17-10-13-6-4-5-7-13)12-20-11-14-8-2-1-3-9-14;1-2-4-5-3-1;;/h1-10,15H,11-12H2,(H,18,19);1-5H;;/q;;+2;+1/p-1/t15-;;;/m0.../s1. The van der Waals surface area contributed by atoms with Gasteiger partial charge in [-0.1, -0.05) is 30.3 Å². The molecule has 0 aliphatic heterocycles. The van der Waals surface area contributed by atoms with E-state index in [1.807, 2.05) is 88.1 Å². The second-order valence-electron chi connectivity index (χ2n) is 5.29. The van der Waals surface area contributed by atoms with Gasteiger partial charge in [-0.3, -0.25) is 4.99 Å². The van der Waals surface area contributed by atoms with Crippen molar-refractivity contribution in [2.75, 3.05) is 6.61 Å². The Morgan fingerprint density at radius 2 is 1.56 bits per heavy atom. The maximum atomic E-state index is 11.0. The van der Waals surface area contributed by atoms with Crippen LogP contribution in [-0.4, -0.2) is 24.8 Å². The van der Waals surface area contributed by atoms with Gasteiger partial charge in [-0.2, -0.15) is 0 Å². The van der Waals surface area contributed by atoms with Crippen LogP contribution >= 0.6 is 0 Å². The molecule has 0 unspecified atom stereocenters. The van der Waals surface area contributed by atoms with Crippen LogP contribution in [0.15, 0.2) is 35.3 Å². The Bertz CT molecular complexity index is 510. The Labute approximate surface area is 196 Å². The first-order valence-electron chi connectivity index (χ1n) is 8.00. The number of benzene rings is 1. The van der Waals surface area contributed by atoms with Crippen molar-refractivity contribution in [3.63, 3.8) is 0 Å². The monoisotopic (exact) mass is 413 g/mol. The zero-order chi connectivity index (χ0) is 17.7. The van der Waals surface area contributed by atoms with Crippen molar-refractivity contribution < 1.29 is 61.3 Å². The summed E-state index contributed by atoms with van der Waals surface area (Å²) in [5, 5.41) is 11.0. The van der Waals surface area contributed by atoms with Crippen LogP contribution in [-0.2, 0) is 33.2 Å². The fraction of sp³-hybridized carbons (Fsp3) is 0.143. The molecular formula is C21H20FeNNaO3+2. The van der Waals surface area contributed by atoms with Crippen molar-refractivity contribution in [3.8, 4) is 0 Å². The second kappa shape index (κ2) is 16.8. The number of carboxylic acids is 1. The molecule has 2 aliphatic carbocycles. The number of ether oxygens (including phenoxy) is 1. The third-order valence-electron chi connectivity index (χ3n) is 3.31. The van der Waals surface area contributed by atoms with E-state index in [0.717, 1.165) is 11.5 Å². The van der Waals surface area contributed by atoms with Crippen LogP contribution in [0.25, 0.3) is 0 Å². The normalized spacial score (nSPS) is 17.5. The summed E-state index contributed by atoms with van der Waals surface area (Å²) in [5.41, 5.74) is 0.990. The molecule has 0 bridgehead atoms. The minimum absolute atomic E-state index is 0. The second-order valence-corrected chi connectivity index (χ2v) is 5.29. The molecule has 134 valence electrons. The third kappa shape index (κ3) is 12.1. The van der Waals surface area contributed by atoms with Crippen molar-refractivity contribution in [1.82, 2.24) is 0 Å². The number of rotatable bonds is 7. The van der Waals surface area contributed by atoms with E-state index >= 15 is 0 Å². The largest absolute Gasteiger partial charge is 2.00 e. The van der Waals surface area contributed by atoms with Gasteiger partial charge in [0, 0.05) is 12.1 Å². The fourth-order valence-corrected chi connectivity index (χ4v) is 2.01. The van der Waals surface area contributed by atoms with E-state index in [2.05, 4.69) is 4.99 Å². The first-order valence-corrected chi connectivity index (χ1v) is 8.00. The molecule has 2 saturated carbocycles. The number of hydrogen-bond acceptors (Lipinski definition) is 4. The molecule has 3 rings (SSSR count). The molecule has 27 heavy (non-hydrogen) atoms. The molecule has 1 aromatic rings. The van der Waals surface area contributed by atoms with Crippen molar-refractivity contribution in [2.45, 2.75) is 12.6 Å². The summed E-state index contributed by atoms with van der Waals surface area (Å²) in [6, 6.07) is 8.57. The summed E-state index contributed by atoms with van der Waals surface area (Å²) in [4.78, 5) is 15.0.